The molecule has 3 rings (SSSR count). The number of hydrogen-bond acceptors (Lipinski definition) is 3. The fourth-order valence-corrected chi connectivity index (χ4v) is 4.41. The van der Waals surface area contributed by atoms with Gasteiger partial charge in [0, 0.05) is 17.5 Å². The summed E-state index contributed by atoms with van der Waals surface area (Å²) in [4.78, 5) is 1.57. The molecule has 0 radical (unpaired) electrons. The number of thiophene rings is 1. The van der Waals surface area contributed by atoms with Crippen molar-refractivity contribution in [2.45, 2.75) is 57.1 Å². The minimum atomic E-state index is -0.0724. The summed E-state index contributed by atoms with van der Waals surface area (Å²) in [5, 5.41) is 15.9. The molecule has 0 amide bonds. The maximum atomic E-state index is 10.0. The highest BCUT2D eigenvalue weighted by atomic mass is 32.1. The summed E-state index contributed by atoms with van der Waals surface area (Å²) in [7, 11) is 0. The van der Waals surface area contributed by atoms with E-state index in [1.807, 2.05) is 11.3 Å². The molecule has 2 nitrogen and oxygen atoms in total. The van der Waals surface area contributed by atoms with Crippen molar-refractivity contribution in [3.05, 3.63) is 21.9 Å². The molecule has 0 bridgehead atoms. The predicted molar refractivity (Wildman–Crippen MR) is 76.0 cm³/mol. The Balaban J connectivity index is 1.58. The van der Waals surface area contributed by atoms with Crippen LogP contribution < -0.4 is 5.32 Å². The lowest BCUT2D eigenvalue weighted by atomic mass is 9.86. The van der Waals surface area contributed by atoms with E-state index >= 15 is 0 Å². The molecule has 1 aromatic heterocycles. The molecular weight excluding hydrogens is 242 g/mol. The minimum absolute atomic E-state index is 0.0724. The Morgan fingerprint density at radius 2 is 2.11 bits per heavy atom. The van der Waals surface area contributed by atoms with Crippen molar-refractivity contribution in [3.8, 4) is 0 Å². The first-order valence-corrected chi connectivity index (χ1v) is 8.20. The third-order valence-electron chi connectivity index (χ3n) is 4.55. The van der Waals surface area contributed by atoms with E-state index in [1.54, 1.807) is 4.88 Å². The SMILES string of the molecule is OC1CCCCC1CNC1CCCc2sccc21. The van der Waals surface area contributed by atoms with E-state index in [-0.39, 0.29) is 6.10 Å². The normalized spacial score (nSPS) is 32.2. The third kappa shape index (κ3) is 2.63. The number of aryl methyl sites for hydroxylation is 1. The van der Waals surface area contributed by atoms with Gasteiger partial charge in [-0.2, -0.15) is 0 Å². The summed E-state index contributed by atoms with van der Waals surface area (Å²) in [6.07, 6.45) is 8.44. The van der Waals surface area contributed by atoms with Gasteiger partial charge in [0.05, 0.1) is 6.10 Å². The summed E-state index contributed by atoms with van der Waals surface area (Å²) in [5.74, 6) is 0.475. The lowest BCUT2D eigenvalue weighted by molar-refractivity contribution is 0.0677. The second-order valence-corrected chi connectivity index (χ2v) is 6.76. The third-order valence-corrected chi connectivity index (χ3v) is 5.54. The zero-order valence-corrected chi connectivity index (χ0v) is 11.7. The number of aliphatic hydroxyl groups is 1. The molecule has 1 saturated carbocycles. The average molecular weight is 265 g/mol. The number of rotatable bonds is 3. The second kappa shape index (κ2) is 5.72. The van der Waals surface area contributed by atoms with Crippen LogP contribution in [0.25, 0.3) is 0 Å². The van der Waals surface area contributed by atoms with Crippen molar-refractivity contribution in [1.29, 1.82) is 0 Å². The van der Waals surface area contributed by atoms with Crippen LogP contribution in [0.4, 0.5) is 0 Å². The summed E-state index contributed by atoms with van der Waals surface area (Å²) < 4.78 is 0. The van der Waals surface area contributed by atoms with E-state index in [1.165, 1.54) is 44.1 Å². The highest BCUT2D eigenvalue weighted by Crippen LogP contribution is 2.34. The molecule has 2 aliphatic carbocycles. The highest BCUT2D eigenvalue weighted by Gasteiger charge is 2.26. The summed E-state index contributed by atoms with van der Waals surface area (Å²) in [6.45, 7) is 0.987. The fourth-order valence-electron chi connectivity index (χ4n) is 3.42. The molecule has 3 unspecified atom stereocenters. The first kappa shape index (κ1) is 12.6. The maximum Gasteiger partial charge on any atom is 0.0580 e. The van der Waals surface area contributed by atoms with Gasteiger partial charge in [0.2, 0.25) is 0 Å². The lowest BCUT2D eigenvalue weighted by Gasteiger charge is -2.31. The number of nitrogens with one attached hydrogen (secondary N) is 1. The first-order chi connectivity index (χ1) is 8.84. The molecule has 1 fully saturated rings. The molecule has 1 aromatic rings. The predicted octanol–water partition coefficient (Wildman–Crippen LogP) is 3.27. The van der Waals surface area contributed by atoms with Gasteiger partial charge in [-0.05, 0) is 55.0 Å². The van der Waals surface area contributed by atoms with E-state index in [4.69, 9.17) is 0 Å². The van der Waals surface area contributed by atoms with Crippen LogP contribution >= 0.6 is 11.3 Å². The zero-order valence-electron chi connectivity index (χ0n) is 10.9. The molecule has 3 heteroatoms. The van der Waals surface area contributed by atoms with Gasteiger partial charge < -0.3 is 10.4 Å². The number of aliphatic hydroxyl groups excluding tert-OH is 1. The largest absolute Gasteiger partial charge is 0.393 e. The van der Waals surface area contributed by atoms with E-state index in [2.05, 4.69) is 16.8 Å². The van der Waals surface area contributed by atoms with Crippen LogP contribution in [-0.2, 0) is 6.42 Å². The van der Waals surface area contributed by atoms with Crippen molar-refractivity contribution in [2.24, 2.45) is 5.92 Å². The van der Waals surface area contributed by atoms with Gasteiger partial charge in [-0.3, -0.25) is 0 Å². The van der Waals surface area contributed by atoms with E-state index in [0.717, 1.165) is 13.0 Å². The van der Waals surface area contributed by atoms with Crippen LogP contribution in [0.1, 0.15) is 55.0 Å². The Kier molecular flexibility index (Phi) is 4.02. The molecule has 1 heterocycles. The van der Waals surface area contributed by atoms with Gasteiger partial charge in [-0.1, -0.05) is 12.8 Å². The first-order valence-electron chi connectivity index (χ1n) is 7.32. The van der Waals surface area contributed by atoms with Gasteiger partial charge in [-0.15, -0.1) is 11.3 Å². The smallest absolute Gasteiger partial charge is 0.0580 e. The van der Waals surface area contributed by atoms with E-state index in [0.29, 0.717) is 12.0 Å². The Labute approximate surface area is 113 Å². The van der Waals surface area contributed by atoms with Crippen molar-refractivity contribution < 1.29 is 5.11 Å². The van der Waals surface area contributed by atoms with Gasteiger partial charge in [0.25, 0.3) is 0 Å². The maximum absolute atomic E-state index is 10.0. The summed E-state index contributed by atoms with van der Waals surface area (Å²) in [6, 6.07) is 2.82. The molecule has 0 spiro atoms. The molecule has 18 heavy (non-hydrogen) atoms. The quantitative estimate of drug-likeness (QED) is 0.879. The number of hydrogen-bond donors (Lipinski definition) is 2. The summed E-state index contributed by atoms with van der Waals surface area (Å²) >= 11 is 1.90. The van der Waals surface area contributed by atoms with E-state index in [9.17, 15) is 5.11 Å². The Hall–Kier alpha value is -0.380. The molecule has 0 saturated heterocycles. The molecular formula is C15H23NOS. The van der Waals surface area contributed by atoms with Crippen LogP contribution in [-0.4, -0.2) is 17.8 Å². The lowest BCUT2D eigenvalue weighted by Crippen LogP contribution is -2.36. The van der Waals surface area contributed by atoms with Crippen LogP contribution in [0.5, 0.6) is 0 Å². The standard InChI is InChI=1S/C15H23NOS/c17-14-6-2-1-4-11(14)10-16-13-5-3-7-15-12(13)8-9-18-15/h8-9,11,13-14,16-17H,1-7,10H2. The van der Waals surface area contributed by atoms with Crippen molar-refractivity contribution in [2.75, 3.05) is 6.54 Å². The number of fused-ring (bicyclic) bond motifs is 1. The fraction of sp³-hybridized carbons (Fsp3) is 0.733. The Morgan fingerprint density at radius 1 is 1.22 bits per heavy atom. The van der Waals surface area contributed by atoms with Crippen LogP contribution in [0.15, 0.2) is 11.4 Å². The summed E-state index contributed by atoms with van der Waals surface area (Å²) in [5.41, 5.74) is 1.52. The monoisotopic (exact) mass is 265 g/mol. The molecule has 3 atom stereocenters. The molecule has 2 aliphatic rings. The molecule has 0 aromatic carbocycles. The van der Waals surface area contributed by atoms with Gasteiger partial charge in [0.1, 0.15) is 0 Å². The molecule has 100 valence electrons. The Bertz CT molecular complexity index is 390. The van der Waals surface area contributed by atoms with E-state index < -0.39 is 0 Å². The average Bonchev–Trinajstić information content (AvgIpc) is 2.86. The second-order valence-electron chi connectivity index (χ2n) is 5.76. The zero-order chi connectivity index (χ0) is 12.4. The van der Waals surface area contributed by atoms with Gasteiger partial charge in [-0.25, -0.2) is 0 Å². The Morgan fingerprint density at radius 3 is 3.00 bits per heavy atom. The van der Waals surface area contributed by atoms with Gasteiger partial charge in [0.15, 0.2) is 0 Å². The van der Waals surface area contributed by atoms with Crippen LogP contribution in [0.3, 0.4) is 0 Å². The van der Waals surface area contributed by atoms with Crippen molar-refractivity contribution >= 4 is 11.3 Å². The van der Waals surface area contributed by atoms with Crippen LogP contribution in [0.2, 0.25) is 0 Å². The molecule has 2 N–H and O–H groups in total. The topological polar surface area (TPSA) is 32.3 Å². The van der Waals surface area contributed by atoms with Crippen molar-refractivity contribution in [3.63, 3.8) is 0 Å². The van der Waals surface area contributed by atoms with Crippen LogP contribution in [0, 0.1) is 5.92 Å². The highest BCUT2D eigenvalue weighted by molar-refractivity contribution is 7.10. The molecule has 0 aliphatic heterocycles. The van der Waals surface area contributed by atoms with Crippen molar-refractivity contribution in [1.82, 2.24) is 5.32 Å². The minimum Gasteiger partial charge on any atom is -0.393 e. The van der Waals surface area contributed by atoms with Gasteiger partial charge >= 0.3 is 0 Å².